The van der Waals surface area contributed by atoms with E-state index in [1.54, 1.807) is 29.2 Å². The molecule has 1 unspecified atom stereocenters. The maximum absolute atomic E-state index is 12.6. The van der Waals surface area contributed by atoms with Crippen molar-refractivity contribution in [3.05, 3.63) is 36.4 Å². The van der Waals surface area contributed by atoms with E-state index in [4.69, 9.17) is 4.74 Å². The highest BCUT2D eigenvalue weighted by atomic mass is 16.5. The number of Topliss-reactive ketones (excluding diaryl/α,β-unsaturated/α-hetero) is 1. The van der Waals surface area contributed by atoms with Crippen LogP contribution in [0.5, 0.6) is 5.75 Å². The summed E-state index contributed by atoms with van der Waals surface area (Å²) in [5.74, 6) is 0.599. The molecule has 0 radical (unpaired) electrons. The summed E-state index contributed by atoms with van der Waals surface area (Å²) < 4.78 is 5.44. The first-order valence-corrected chi connectivity index (χ1v) is 7.66. The van der Waals surface area contributed by atoms with Gasteiger partial charge in [0, 0.05) is 12.1 Å². The molecule has 0 aromatic heterocycles. The van der Waals surface area contributed by atoms with E-state index < -0.39 is 0 Å². The van der Waals surface area contributed by atoms with Crippen molar-refractivity contribution in [2.75, 3.05) is 24.6 Å². The SMILES string of the molecule is C=CCN1C(=O)COc2ccc(C(=O)C3CCCCN3)cc21. The second kappa shape index (κ2) is 6.32. The van der Waals surface area contributed by atoms with Gasteiger partial charge in [0.1, 0.15) is 5.75 Å². The van der Waals surface area contributed by atoms with Gasteiger partial charge < -0.3 is 15.0 Å². The lowest BCUT2D eigenvalue weighted by Gasteiger charge is -2.29. The van der Waals surface area contributed by atoms with Crippen LogP contribution in [0, 0.1) is 0 Å². The van der Waals surface area contributed by atoms with Crippen LogP contribution in [0.3, 0.4) is 0 Å². The van der Waals surface area contributed by atoms with Gasteiger partial charge in [0.05, 0.1) is 11.7 Å². The molecule has 5 heteroatoms. The lowest BCUT2D eigenvalue weighted by atomic mass is 9.96. The molecular formula is C17H20N2O3. The molecule has 1 aromatic rings. The predicted octanol–water partition coefficient (Wildman–Crippen LogP) is 1.92. The maximum atomic E-state index is 12.6. The van der Waals surface area contributed by atoms with Gasteiger partial charge in [0.25, 0.3) is 5.91 Å². The van der Waals surface area contributed by atoms with Crippen LogP contribution in [0.1, 0.15) is 29.6 Å². The lowest BCUT2D eigenvalue weighted by Crippen LogP contribution is -2.41. The highest BCUT2D eigenvalue weighted by molar-refractivity contribution is 6.04. The molecule has 5 nitrogen and oxygen atoms in total. The highest BCUT2D eigenvalue weighted by Crippen LogP contribution is 2.33. The van der Waals surface area contributed by atoms with Gasteiger partial charge in [-0.25, -0.2) is 0 Å². The smallest absolute Gasteiger partial charge is 0.265 e. The summed E-state index contributed by atoms with van der Waals surface area (Å²) in [4.78, 5) is 26.2. The van der Waals surface area contributed by atoms with E-state index in [0.717, 1.165) is 25.8 Å². The van der Waals surface area contributed by atoms with Crippen molar-refractivity contribution in [3.8, 4) is 5.75 Å². The molecule has 1 saturated heterocycles. The number of fused-ring (bicyclic) bond motifs is 1. The predicted molar refractivity (Wildman–Crippen MR) is 84.5 cm³/mol. The number of rotatable bonds is 4. The summed E-state index contributed by atoms with van der Waals surface area (Å²) in [6.45, 7) is 5.00. The summed E-state index contributed by atoms with van der Waals surface area (Å²) in [7, 11) is 0. The van der Waals surface area contributed by atoms with E-state index in [2.05, 4.69) is 11.9 Å². The van der Waals surface area contributed by atoms with Crippen molar-refractivity contribution in [2.24, 2.45) is 0 Å². The molecule has 1 atom stereocenters. The van der Waals surface area contributed by atoms with Gasteiger partial charge in [0.2, 0.25) is 0 Å². The Labute approximate surface area is 129 Å². The molecular weight excluding hydrogens is 280 g/mol. The van der Waals surface area contributed by atoms with Crippen molar-refractivity contribution < 1.29 is 14.3 Å². The summed E-state index contributed by atoms with van der Waals surface area (Å²) in [6.07, 6.45) is 4.72. The minimum absolute atomic E-state index is 0.0261. The molecule has 1 aromatic carbocycles. The van der Waals surface area contributed by atoms with Crippen LogP contribution in [-0.2, 0) is 4.79 Å². The van der Waals surface area contributed by atoms with Crippen molar-refractivity contribution in [2.45, 2.75) is 25.3 Å². The molecule has 1 amide bonds. The Hall–Kier alpha value is -2.14. The average molecular weight is 300 g/mol. The number of benzene rings is 1. The Morgan fingerprint density at radius 2 is 2.32 bits per heavy atom. The average Bonchev–Trinajstić information content (AvgIpc) is 2.57. The second-order valence-corrected chi connectivity index (χ2v) is 5.63. The zero-order valence-electron chi connectivity index (χ0n) is 12.5. The van der Waals surface area contributed by atoms with E-state index >= 15 is 0 Å². The first-order chi connectivity index (χ1) is 10.7. The van der Waals surface area contributed by atoms with Crippen molar-refractivity contribution in [1.82, 2.24) is 5.32 Å². The van der Waals surface area contributed by atoms with Gasteiger partial charge in [-0.1, -0.05) is 12.5 Å². The number of nitrogens with zero attached hydrogens (tertiary/aromatic N) is 1. The molecule has 116 valence electrons. The maximum Gasteiger partial charge on any atom is 0.265 e. The van der Waals surface area contributed by atoms with Gasteiger partial charge in [-0.2, -0.15) is 0 Å². The Bertz CT molecular complexity index is 606. The van der Waals surface area contributed by atoms with Crippen LogP contribution in [0.25, 0.3) is 0 Å². The fourth-order valence-electron chi connectivity index (χ4n) is 2.96. The number of hydrogen-bond donors (Lipinski definition) is 1. The van der Waals surface area contributed by atoms with Crippen LogP contribution < -0.4 is 15.0 Å². The topological polar surface area (TPSA) is 58.6 Å². The molecule has 0 spiro atoms. The van der Waals surface area contributed by atoms with Gasteiger partial charge in [-0.3, -0.25) is 9.59 Å². The van der Waals surface area contributed by atoms with Gasteiger partial charge >= 0.3 is 0 Å². The van der Waals surface area contributed by atoms with Gasteiger partial charge in [-0.05, 0) is 37.6 Å². The zero-order chi connectivity index (χ0) is 15.5. The Kier molecular flexibility index (Phi) is 4.24. The second-order valence-electron chi connectivity index (χ2n) is 5.63. The third-order valence-electron chi connectivity index (χ3n) is 4.12. The number of nitrogens with one attached hydrogen (secondary N) is 1. The Morgan fingerprint density at radius 1 is 1.45 bits per heavy atom. The number of amides is 1. The van der Waals surface area contributed by atoms with E-state index in [1.807, 2.05) is 0 Å². The van der Waals surface area contributed by atoms with Gasteiger partial charge in [0.15, 0.2) is 12.4 Å². The summed E-state index contributed by atoms with van der Waals surface area (Å²) in [5.41, 5.74) is 1.27. The lowest BCUT2D eigenvalue weighted by molar-refractivity contribution is -0.121. The van der Waals surface area contributed by atoms with Gasteiger partial charge in [-0.15, -0.1) is 6.58 Å². The minimum atomic E-state index is -0.125. The minimum Gasteiger partial charge on any atom is -0.482 e. The molecule has 0 bridgehead atoms. The van der Waals surface area contributed by atoms with Crippen molar-refractivity contribution in [1.29, 1.82) is 0 Å². The summed E-state index contributed by atoms with van der Waals surface area (Å²) in [5, 5.41) is 3.27. The van der Waals surface area contributed by atoms with Crippen LogP contribution in [-0.4, -0.2) is 37.4 Å². The van der Waals surface area contributed by atoms with Crippen LogP contribution in [0.2, 0.25) is 0 Å². The number of carbonyl (C=O) groups is 2. The highest BCUT2D eigenvalue weighted by Gasteiger charge is 2.27. The molecule has 22 heavy (non-hydrogen) atoms. The molecule has 2 aliphatic heterocycles. The molecule has 0 saturated carbocycles. The van der Waals surface area contributed by atoms with E-state index in [1.165, 1.54) is 0 Å². The zero-order valence-corrected chi connectivity index (χ0v) is 12.5. The molecule has 2 heterocycles. The number of anilines is 1. The van der Waals surface area contributed by atoms with Crippen molar-refractivity contribution in [3.63, 3.8) is 0 Å². The van der Waals surface area contributed by atoms with Crippen LogP contribution in [0.15, 0.2) is 30.9 Å². The molecule has 1 fully saturated rings. The molecule has 2 aliphatic rings. The third kappa shape index (κ3) is 2.76. The Morgan fingerprint density at radius 3 is 3.05 bits per heavy atom. The first-order valence-electron chi connectivity index (χ1n) is 7.66. The Balaban J connectivity index is 1.89. The van der Waals surface area contributed by atoms with Crippen LogP contribution >= 0.6 is 0 Å². The van der Waals surface area contributed by atoms with Crippen LogP contribution in [0.4, 0.5) is 5.69 Å². The fraction of sp³-hybridized carbons (Fsp3) is 0.412. The third-order valence-corrected chi connectivity index (χ3v) is 4.12. The standard InChI is InChI=1S/C17H20N2O3/c1-2-9-19-14-10-12(6-7-15(14)22-11-16(19)20)17(21)13-5-3-4-8-18-13/h2,6-7,10,13,18H,1,3-5,8-9,11H2. The summed E-state index contributed by atoms with van der Waals surface area (Å²) >= 11 is 0. The molecule has 0 aliphatic carbocycles. The van der Waals surface area contributed by atoms with Crippen molar-refractivity contribution >= 4 is 17.4 Å². The fourth-order valence-corrected chi connectivity index (χ4v) is 2.96. The number of hydrogen-bond acceptors (Lipinski definition) is 4. The summed E-state index contributed by atoms with van der Waals surface area (Å²) in [6, 6.07) is 5.18. The number of carbonyl (C=O) groups excluding carboxylic acids is 2. The molecule has 1 N–H and O–H groups in total. The van der Waals surface area contributed by atoms with E-state index in [-0.39, 0.29) is 24.3 Å². The molecule has 3 rings (SSSR count). The monoisotopic (exact) mass is 300 g/mol. The number of ketones is 1. The first kappa shape index (κ1) is 14.8. The number of piperidine rings is 1. The number of ether oxygens (including phenoxy) is 1. The normalized spacial score (nSPS) is 21.0. The quantitative estimate of drug-likeness (QED) is 0.682. The van der Waals surface area contributed by atoms with E-state index in [9.17, 15) is 9.59 Å². The van der Waals surface area contributed by atoms with E-state index in [0.29, 0.717) is 23.5 Å². The largest absolute Gasteiger partial charge is 0.482 e.